The topological polar surface area (TPSA) is 27.7 Å². The van der Waals surface area contributed by atoms with Crippen LogP contribution in [0.25, 0.3) is 0 Å². The van der Waals surface area contributed by atoms with Crippen molar-refractivity contribution >= 4 is 23.2 Å². The number of ether oxygens (including phenoxy) is 3. The van der Waals surface area contributed by atoms with Crippen LogP contribution in [0.4, 0.5) is 0 Å². The van der Waals surface area contributed by atoms with Crippen molar-refractivity contribution in [2.75, 3.05) is 28.0 Å². The average molecular weight is 367 g/mol. The highest BCUT2D eigenvalue weighted by Gasteiger charge is 2.46. The molecule has 0 N–H and O–H groups in total. The molecule has 0 aliphatic carbocycles. The van der Waals surface area contributed by atoms with Crippen LogP contribution in [0, 0.1) is 0 Å². The van der Waals surface area contributed by atoms with Gasteiger partial charge in [0.15, 0.2) is 17.2 Å². The van der Waals surface area contributed by atoms with Crippen LogP contribution in [0.3, 0.4) is 0 Å². The maximum atomic E-state index is 5.73. The summed E-state index contributed by atoms with van der Waals surface area (Å²) in [6.07, 6.45) is 0. The molecule has 134 valence electrons. The first-order valence-electron chi connectivity index (χ1n) is 8.44. The van der Waals surface area contributed by atoms with E-state index in [0.717, 1.165) is 33.2 Å². The number of para-hydroxylation sites is 3. The molecule has 0 aliphatic rings. The smallest absolute Gasteiger partial charge is 0.161 e. The number of benzene rings is 3. The van der Waals surface area contributed by atoms with E-state index < -0.39 is 7.26 Å². The monoisotopic (exact) mass is 367 g/mol. The zero-order valence-electron chi connectivity index (χ0n) is 15.6. The van der Waals surface area contributed by atoms with Gasteiger partial charge in [-0.2, -0.15) is 0 Å². The van der Waals surface area contributed by atoms with Crippen molar-refractivity contribution in [3.05, 3.63) is 72.8 Å². The van der Waals surface area contributed by atoms with Gasteiger partial charge in [-0.05, 0) is 36.4 Å². The Labute approximate surface area is 155 Å². The van der Waals surface area contributed by atoms with Gasteiger partial charge in [-0.1, -0.05) is 36.4 Å². The molecule has 4 heteroatoms. The Balaban J connectivity index is 2.40. The molecule has 0 bridgehead atoms. The fourth-order valence-electron chi connectivity index (χ4n) is 3.39. The number of methoxy groups -OCH3 is 3. The molecule has 0 saturated heterocycles. The highest BCUT2D eigenvalue weighted by Crippen LogP contribution is 2.57. The fourth-order valence-corrected chi connectivity index (χ4v) is 7.14. The molecule has 3 rings (SSSR count). The third-order valence-electron chi connectivity index (χ3n) is 4.70. The third-order valence-corrected chi connectivity index (χ3v) is 8.70. The molecule has 0 aromatic heterocycles. The first kappa shape index (κ1) is 18.3. The summed E-state index contributed by atoms with van der Waals surface area (Å²) in [7, 11) is 3.08. The average Bonchev–Trinajstić information content (AvgIpc) is 2.73. The molecular weight excluding hydrogens is 343 g/mol. The lowest BCUT2D eigenvalue weighted by Crippen LogP contribution is -2.32. The van der Waals surface area contributed by atoms with Gasteiger partial charge in [-0.25, -0.2) is 0 Å². The van der Waals surface area contributed by atoms with Gasteiger partial charge in [0.1, 0.15) is 23.2 Å². The predicted octanol–water partition coefficient (Wildman–Crippen LogP) is 3.64. The first-order valence-corrected chi connectivity index (χ1v) is 10.7. The van der Waals surface area contributed by atoms with Gasteiger partial charge >= 0.3 is 0 Å². The molecule has 0 fully saturated rings. The van der Waals surface area contributed by atoms with E-state index in [1.165, 1.54) is 0 Å². The van der Waals surface area contributed by atoms with Gasteiger partial charge in [0.2, 0.25) is 0 Å². The number of rotatable bonds is 6. The van der Waals surface area contributed by atoms with Crippen LogP contribution >= 0.6 is 7.26 Å². The molecule has 0 spiro atoms. The van der Waals surface area contributed by atoms with E-state index in [-0.39, 0.29) is 0 Å². The van der Waals surface area contributed by atoms with Crippen LogP contribution in [-0.2, 0) is 0 Å². The highest BCUT2D eigenvalue weighted by atomic mass is 31.2. The molecule has 3 aromatic rings. The molecule has 0 radical (unpaired) electrons. The summed E-state index contributed by atoms with van der Waals surface area (Å²) >= 11 is 0. The quantitative estimate of drug-likeness (QED) is 0.623. The summed E-state index contributed by atoms with van der Waals surface area (Å²) in [5.74, 6) is 2.63. The zero-order chi connectivity index (χ0) is 18.6. The minimum Gasteiger partial charge on any atom is -0.493 e. The van der Waals surface area contributed by atoms with E-state index in [1.807, 2.05) is 36.4 Å². The van der Waals surface area contributed by atoms with E-state index in [1.54, 1.807) is 21.3 Å². The molecule has 0 amide bonds. The molecule has 0 atom stereocenters. The Morgan fingerprint density at radius 1 is 0.500 bits per heavy atom. The minimum atomic E-state index is -2.06. The molecule has 0 aliphatic heterocycles. The van der Waals surface area contributed by atoms with Crippen LogP contribution in [0.15, 0.2) is 72.8 Å². The van der Waals surface area contributed by atoms with Crippen LogP contribution in [0.2, 0.25) is 0 Å². The largest absolute Gasteiger partial charge is 0.493 e. The summed E-state index contributed by atoms with van der Waals surface area (Å²) in [5.41, 5.74) is 0. The standard InChI is InChI=1S/C22H24O3P/c1-23-17-11-5-8-14-20(17)26(4,21-15-9-6-12-18(21)24-2)22-16-10-7-13-19(22)25-3/h5-16H,1-4H3/q+1. The summed E-state index contributed by atoms with van der Waals surface area (Å²) in [5, 5.41) is 3.49. The summed E-state index contributed by atoms with van der Waals surface area (Å²) in [6.45, 7) is 2.29. The Kier molecular flexibility index (Phi) is 5.49. The van der Waals surface area contributed by atoms with Crippen molar-refractivity contribution in [1.29, 1.82) is 0 Å². The lowest BCUT2D eigenvalue weighted by molar-refractivity contribution is 0.416. The lowest BCUT2D eigenvalue weighted by atomic mass is 10.3. The minimum absolute atomic E-state index is 0.875. The van der Waals surface area contributed by atoms with Crippen LogP contribution < -0.4 is 30.1 Å². The van der Waals surface area contributed by atoms with Crippen molar-refractivity contribution in [3.63, 3.8) is 0 Å². The summed E-state index contributed by atoms with van der Waals surface area (Å²) in [6, 6.07) is 24.6. The van der Waals surface area contributed by atoms with E-state index in [2.05, 4.69) is 43.1 Å². The van der Waals surface area contributed by atoms with E-state index in [9.17, 15) is 0 Å². The Bertz CT molecular complexity index is 776. The fraction of sp³-hybridized carbons (Fsp3) is 0.182. The molecule has 0 saturated carbocycles. The van der Waals surface area contributed by atoms with Gasteiger partial charge < -0.3 is 14.2 Å². The molecule has 3 nitrogen and oxygen atoms in total. The number of hydrogen-bond donors (Lipinski definition) is 0. The van der Waals surface area contributed by atoms with E-state index >= 15 is 0 Å². The van der Waals surface area contributed by atoms with Gasteiger partial charge in [-0.3, -0.25) is 0 Å². The summed E-state index contributed by atoms with van der Waals surface area (Å²) in [4.78, 5) is 0. The molecule has 0 unspecified atom stereocenters. The third kappa shape index (κ3) is 3.04. The van der Waals surface area contributed by atoms with Crippen LogP contribution in [-0.4, -0.2) is 28.0 Å². The SMILES string of the molecule is COc1ccccc1[P+](C)(c1ccccc1OC)c1ccccc1OC. The normalized spacial score (nSPS) is 11.1. The maximum Gasteiger partial charge on any atom is 0.161 e. The van der Waals surface area contributed by atoms with Crippen molar-refractivity contribution in [3.8, 4) is 17.2 Å². The Morgan fingerprint density at radius 3 is 1.04 bits per heavy atom. The van der Waals surface area contributed by atoms with Gasteiger partial charge in [0.05, 0.1) is 28.0 Å². The van der Waals surface area contributed by atoms with Crippen LogP contribution in [0.1, 0.15) is 0 Å². The second-order valence-electron chi connectivity index (χ2n) is 6.02. The highest BCUT2D eigenvalue weighted by molar-refractivity contribution is 7.95. The zero-order valence-corrected chi connectivity index (χ0v) is 16.5. The van der Waals surface area contributed by atoms with Gasteiger partial charge in [-0.15, -0.1) is 0 Å². The van der Waals surface area contributed by atoms with E-state index in [4.69, 9.17) is 14.2 Å². The van der Waals surface area contributed by atoms with Gasteiger partial charge in [0.25, 0.3) is 0 Å². The second kappa shape index (κ2) is 7.80. The van der Waals surface area contributed by atoms with Gasteiger partial charge in [0, 0.05) is 0 Å². The molecule has 26 heavy (non-hydrogen) atoms. The van der Waals surface area contributed by atoms with Crippen molar-refractivity contribution in [2.45, 2.75) is 0 Å². The Morgan fingerprint density at radius 2 is 0.769 bits per heavy atom. The van der Waals surface area contributed by atoms with Crippen molar-refractivity contribution < 1.29 is 14.2 Å². The van der Waals surface area contributed by atoms with Crippen molar-refractivity contribution in [2.24, 2.45) is 0 Å². The Hall–Kier alpha value is -2.51. The van der Waals surface area contributed by atoms with Crippen molar-refractivity contribution in [1.82, 2.24) is 0 Å². The number of hydrogen-bond acceptors (Lipinski definition) is 3. The van der Waals surface area contributed by atoms with E-state index in [0.29, 0.717) is 0 Å². The molecule has 3 aromatic carbocycles. The maximum absolute atomic E-state index is 5.73. The molecular formula is C22H24O3P+. The summed E-state index contributed by atoms with van der Waals surface area (Å²) < 4.78 is 17.2. The lowest BCUT2D eigenvalue weighted by Gasteiger charge is -2.27. The first-order chi connectivity index (χ1) is 12.7. The van der Waals surface area contributed by atoms with Crippen LogP contribution in [0.5, 0.6) is 17.2 Å². The predicted molar refractivity (Wildman–Crippen MR) is 111 cm³/mol. The second-order valence-corrected chi connectivity index (χ2v) is 9.48. The molecule has 0 heterocycles.